The van der Waals surface area contributed by atoms with E-state index in [9.17, 15) is 0 Å². The van der Waals surface area contributed by atoms with E-state index in [1.54, 1.807) is 0 Å². The van der Waals surface area contributed by atoms with Gasteiger partial charge >= 0.3 is 0 Å². The molecule has 0 aromatic heterocycles. The highest BCUT2D eigenvalue weighted by atomic mass is 28.4. The van der Waals surface area contributed by atoms with Crippen molar-refractivity contribution in [2.75, 3.05) is 6.61 Å². The Bertz CT molecular complexity index is 854. The molecule has 0 fully saturated rings. The second-order valence-electron chi connectivity index (χ2n) is 9.47. The van der Waals surface area contributed by atoms with Crippen LogP contribution in [0.4, 0.5) is 0 Å². The summed E-state index contributed by atoms with van der Waals surface area (Å²) in [6.45, 7) is 14.2. The van der Waals surface area contributed by atoms with Crippen molar-refractivity contribution in [2.24, 2.45) is 0 Å². The maximum atomic E-state index is 7.04. The van der Waals surface area contributed by atoms with E-state index < -0.39 is 8.32 Å². The van der Waals surface area contributed by atoms with E-state index in [0.717, 1.165) is 12.8 Å². The number of hydrogen-bond acceptors (Lipinski definition) is 2. The van der Waals surface area contributed by atoms with E-state index in [2.05, 4.69) is 114 Å². The number of hydrogen-bond donors (Lipinski definition) is 0. The molecule has 0 saturated carbocycles. The molecule has 0 saturated heterocycles. The maximum absolute atomic E-state index is 7.04. The van der Waals surface area contributed by atoms with Gasteiger partial charge in [-0.3, -0.25) is 0 Å². The molecule has 2 nitrogen and oxygen atoms in total. The number of rotatable bonds is 7. The van der Waals surface area contributed by atoms with Crippen molar-refractivity contribution in [2.45, 2.75) is 71.6 Å². The van der Waals surface area contributed by atoms with E-state index in [1.807, 2.05) is 0 Å². The van der Waals surface area contributed by atoms with E-state index in [4.69, 9.17) is 9.16 Å². The molecule has 1 aliphatic rings. The normalized spacial score (nSPS) is 21.2. The van der Waals surface area contributed by atoms with Gasteiger partial charge in [0.25, 0.3) is 8.32 Å². The zero-order chi connectivity index (χ0) is 22.5. The first-order chi connectivity index (χ1) is 14.8. The van der Waals surface area contributed by atoms with Crippen molar-refractivity contribution in [3.63, 3.8) is 0 Å². The molecule has 0 N–H and O–H groups in total. The summed E-state index contributed by atoms with van der Waals surface area (Å²) in [5, 5.41) is 2.65. The molecule has 166 valence electrons. The average molecular weight is 435 g/mol. The van der Waals surface area contributed by atoms with Crippen molar-refractivity contribution in [1.82, 2.24) is 0 Å². The van der Waals surface area contributed by atoms with Gasteiger partial charge in [0.15, 0.2) is 0 Å². The lowest BCUT2D eigenvalue weighted by molar-refractivity contribution is 0.0148. The molecule has 0 radical (unpaired) electrons. The first kappa shape index (κ1) is 23.7. The van der Waals surface area contributed by atoms with Crippen molar-refractivity contribution in [1.29, 1.82) is 0 Å². The predicted octanol–water partition coefficient (Wildman–Crippen LogP) is 6.02. The fraction of sp³-hybridized carbons (Fsp3) is 0.429. The fourth-order valence-electron chi connectivity index (χ4n) is 4.92. The predicted molar refractivity (Wildman–Crippen MR) is 135 cm³/mol. The third-order valence-electron chi connectivity index (χ3n) is 6.40. The molecule has 31 heavy (non-hydrogen) atoms. The molecule has 1 aliphatic heterocycles. The van der Waals surface area contributed by atoms with Crippen LogP contribution in [0.15, 0.2) is 84.0 Å². The minimum Gasteiger partial charge on any atom is -0.407 e. The highest BCUT2D eigenvalue weighted by Gasteiger charge is 2.50. The molecule has 0 bridgehead atoms. The summed E-state index contributed by atoms with van der Waals surface area (Å²) in [6, 6.07) is 21.7. The molecule has 0 aliphatic carbocycles. The van der Waals surface area contributed by atoms with Gasteiger partial charge in [-0.05, 0) is 53.2 Å². The smallest absolute Gasteiger partial charge is 0.261 e. The van der Waals surface area contributed by atoms with Gasteiger partial charge in [-0.15, -0.1) is 0 Å². The highest BCUT2D eigenvalue weighted by Crippen LogP contribution is 2.37. The molecule has 3 heteroatoms. The summed E-state index contributed by atoms with van der Waals surface area (Å²) in [6.07, 6.45) is 6.62. The standard InChI is InChI=1S/C28H38O2Si/c1-7-26-22(3)21-23(30-27(26)8-2)19-20-29-31(28(4,5)6,24-15-11-9-12-16-24)25-17-13-10-14-18-25/h7,9-18,21,23,27H,8,19-20H2,1-6H3/b26-7+/t23-,27+/m0/s1. The third-order valence-corrected chi connectivity index (χ3v) is 11.4. The van der Waals surface area contributed by atoms with Crippen molar-refractivity contribution >= 4 is 18.7 Å². The summed E-state index contributed by atoms with van der Waals surface area (Å²) in [7, 11) is -2.48. The van der Waals surface area contributed by atoms with E-state index in [0.29, 0.717) is 6.61 Å². The highest BCUT2D eigenvalue weighted by molar-refractivity contribution is 6.99. The molecular weight excluding hydrogens is 396 g/mol. The van der Waals surface area contributed by atoms with Crippen LogP contribution >= 0.6 is 0 Å². The lowest BCUT2D eigenvalue weighted by Gasteiger charge is -2.43. The van der Waals surface area contributed by atoms with Crippen molar-refractivity contribution < 1.29 is 9.16 Å². The summed E-state index contributed by atoms with van der Waals surface area (Å²) in [5.41, 5.74) is 2.67. The second-order valence-corrected chi connectivity index (χ2v) is 13.8. The summed E-state index contributed by atoms with van der Waals surface area (Å²) < 4.78 is 13.5. The number of allylic oxidation sites excluding steroid dienone is 1. The largest absolute Gasteiger partial charge is 0.407 e. The number of benzene rings is 2. The second kappa shape index (κ2) is 10.1. The lowest BCUT2D eigenvalue weighted by atomic mass is 9.94. The molecule has 2 aromatic rings. The first-order valence-corrected chi connectivity index (χ1v) is 13.5. The Morgan fingerprint density at radius 2 is 1.52 bits per heavy atom. The first-order valence-electron chi connectivity index (χ1n) is 11.6. The maximum Gasteiger partial charge on any atom is 0.261 e. The van der Waals surface area contributed by atoms with Crippen LogP contribution < -0.4 is 10.4 Å². The van der Waals surface area contributed by atoms with Gasteiger partial charge in [-0.2, -0.15) is 0 Å². The van der Waals surface area contributed by atoms with Gasteiger partial charge in [0.2, 0.25) is 0 Å². The SMILES string of the molecule is C/C=C1\C(C)=C[C@H](CCO[Si](c2ccccc2)(c2ccccc2)C(C)(C)C)O[C@@H]1CC. The molecule has 0 unspecified atom stereocenters. The lowest BCUT2D eigenvalue weighted by Crippen LogP contribution is -2.66. The van der Waals surface area contributed by atoms with Crippen LogP contribution in [0.3, 0.4) is 0 Å². The van der Waals surface area contributed by atoms with E-state index in [-0.39, 0.29) is 17.2 Å². The van der Waals surface area contributed by atoms with Gasteiger partial charge in [0.1, 0.15) is 0 Å². The van der Waals surface area contributed by atoms with Crippen LogP contribution in [0.2, 0.25) is 5.04 Å². The molecule has 2 atom stereocenters. The van der Waals surface area contributed by atoms with Gasteiger partial charge in [-0.25, -0.2) is 0 Å². The monoisotopic (exact) mass is 434 g/mol. The van der Waals surface area contributed by atoms with E-state index in [1.165, 1.54) is 21.5 Å². The zero-order valence-corrected chi connectivity index (χ0v) is 21.0. The molecular formula is C28H38O2Si. The average Bonchev–Trinajstić information content (AvgIpc) is 2.76. The van der Waals surface area contributed by atoms with Crippen LogP contribution in [0.25, 0.3) is 0 Å². The van der Waals surface area contributed by atoms with Crippen molar-refractivity contribution in [3.05, 3.63) is 84.0 Å². The molecule has 2 aromatic carbocycles. The Morgan fingerprint density at radius 3 is 1.97 bits per heavy atom. The van der Waals surface area contributed by atoms with Crippen LogP contribution in [-0.2, 0) is 9.16 Å². The molecule has 3 rings (SSSR count). The summed E-state index contributed by atoms with van der Waals surface area (Å²) in [5.74, 6) is 0. The third kappa shape index (κ3) is 4.95. The van der Waals surface area contributed by atoms with Gasteiger partial charge in [-0.1, -0.05) is 101 Å². The Labute approximate surface area is 190 Å². The molecule has 0 amide bonds. The minimum absolute atomic E-state index is 0.00104. The quantitative estimate of drug-likeness (QED) is 0.496. The van der Waals surface area contributed by atoms with Crippen LogP contribution in [0.1, 0.15) is 54.4 Å². The van der Waals surface area contributed by atoms with Gasteiger partial charge < -0.3 is 9.16 Å². The molecule has 1 heterocycles. The van der Waals surface area contributed by atoms with Crippen LogP contribution in [0, 0.1) is 0 Å². The Hall–Kier alpha value is -1.94. The minimum atomic E-state index is -2.48. The summed E-state index contributed by atoms with van der Waals surface area (Å²) >= 11 is 0. The van der Waals surface area contributed by atoms with Gasteiger partial charge in [0.05, 0.1) is 12.2 Å². The molecule has 0 spiro atoms. The van der Waals surface area contributed by atoms with Gasteiger partial charge in [0, 0.05) is 6.61 Å². The van der Waals surface area contributed by atoms with Crippen LogP contribution in [-0.4, -0.2) is 27.1 Å². The Kier molecular flexibility index (Phi) is 7.74. The topological polar surface area (TPSA) is 18.5 Å². The Morgan fingerprint density at radius 1 is 0.968 bits per heavy atom. The van der Waals surface area contributed by atoms with Crippen molar-refractivity contribution in [3.8, 4) is 0 Å². The number of ether oxygens (including phenoxy) is 1. The van der Waals surface area contributed by atoms with Crippen LogP contribution in [0.5, 0.6) is 0 Å². The fourth-order valence-corrected chi connectivity index (χ4v) is 9.50. The Balaban J connectivity index is 1.90. The summed E-state index contributed by atoms with van der Waals surface area (Å²) in [4.78, 5) is 0. The zero-order valence-electron chi connectivity index (χ0n) is 20.0. The van der Waals surface area contributed by atoms with E-state index >= 15 is 0 Å².